The molecule has 1 unspecified atom stereocenters. The first-order chi connectivity index (χ1) is 7.72. The minimum Gasteiger partial charge on any atom is -0.357 e. The highest BCUT2D eigenvalue weighted by atomic mass is 15.2. The van der Waals surface area contributed by atoms with Gasteiger partial charge in [0.25, 0.3) is 0 Å². The molecular formula is C12H20N4. The molecule has 0 spiro atoms. The molecule has 1 aliphatic rings. The summed E-state index contributed by atoms with van der Waals surface area (Å²) in [7, 11) is 2.11. The van der Waals surface area contributed by atoms with E-state index in [2.05, 4.69) is 34.2 Å². The zero-order valence-electron chi connectivity index (χ0n) is 10.3. The minimum absolute atomic E-state index is 0.573. The molecule has 0 amide bonds. The van der Waals surface area contributed by atoms with Gasteiger partial charge in [0.15, 0.2) is 0 Å². The summed E-state index contributed by atoms with van der Waals surface area (Å²) in [6.07, 6.45) is 4.53. The van der Waals surface area contributed by atoms with Crippen LogP contribution < -0.4 is 10.2 Å². The van der Waals surface area contributed by atoms with Crippen molar-refractivity contribution < 1.29 is 0 Å². The van der Waals surface area contributed by atoms with E-state index in [1.807, 2.05) is 19.2 Å². The maximum Gasteiger partial charge on any atom is 0.224 e. The lowest BCUT2D eigenvalue weighted by atomic mass is 10.2. The Bertz CT molecular complexity index is 349. The number of nitrogens with zero attached hydrogens (tertiary/aromatic N) is 3. The zero-order valence-corrected chi connectivity index (χ0v) is 10.3. The summed E-state index contributed by atoms with van der Waals surface area (Å²) in [4.78, 5) is 10.9. The number of hydrogen-bond donors (Lipinski definition) is 1. The standard InChI is InChI=1S/C12H20N4/c1-4-13-12-14-8-7-11(15-12)16(3)9(2)10-5-6-10/h7-10H,4-6H2,1-3H3,(H,13,14,15). The Hall–Kier alpha value is -1.32. The van der Waals surface area contributed by atoms with Crippen molar-refractivity contribution in [3.8, 4) is 0 Å². The van der Waals surface area contributed by atoms with Crippen molar-refractivity contribution in [1.29, 1.82) is 0 Å². The van der Waals surface area contributed by atoms with Crippen LogP contribution in [0, 0.1) is 5.92 Å². The Morgan fingerprint density at radius 1 is 1.56 bits per heavy atom. The van der Waals surface area contributed by atoms with Gasteiger partial charge in [-0.2, -0.15) is 4.98 Å². The van der Waals surface area contributed by atoms with Crippen LogP contribution in [0.15, 0.2) is 12.3 Å². The summed E-state index contributed by atoms with van der Waals surface area (Å²) >= 11 is 0. The van der Waals surface area contributed by atoms with Gasteiger partial charge in [-0.25, -0.2) is 4.98 Å². The Balaban J connectivity index is 2.09. The molecule has 4 nitrogen and oxygen atoms in total. The molecule has 0 saturated heterocycles. The van der Waals surface area contributed by atoms with Crippen molar-refractivity contribution in [1.82, 2.24) is 9.97 Å². The Kier molecular flexibility index (Phi) is 3.27. The molecule has 88 valence electrons. The monoisotopic (exact) mass is 220 g/mol. The van der Waals surface area contributed by atoms with Gasteiger partial charge in [0, 0.05) is 25.8 Å². The molecular weight excluding hydrogens is 200 g/mol. The number of rotatable bonds is 5. The third kappa shape index (κ3) is 2.43. The molecule has 4 heteroatoms. The van der Waals surface area contributed by atoms with Crippen molar-refractivity contribution in [2.45, 2.75) is 32.7 Å². The van der Waals surface area contributed by atoms with Gasteiger partial charge in [-0.3, -0.25) is 0 Å². The third-order valence-electron chi connectivity index (χ3n) is 3.25. The van der Waals surface area contributed by atoms with Gasteiger partial charge in [-0.05, 0) is 38.7 Å². The first-order valence-electron chi connectivity index (χ1n) is 6.02. The fourth-order valence-corrected chi connectivity index (χ4v) is 1.89. The van der Waals surface area contributed by atoms with Gasteiger partial charge in [-0.1, -0.05) is 0 Å². The van der Waals surface area contributed by atoms with Gasteiger partial charge in [0.2, 0.25) is 5.95 Å². The van der Waals surface area contributed by atoms with Crippen LogP contribution in [0.25, 0.3) is 0 Å². The maximum atomic E-state index is 4.50. The van der Waals surface area contributed by atoms with Crippen LogP contribution in [0.3, 0.4) is 0 Å². The van der Waals surface area contributed by atoms with Crippen molar-refractivity contribution >= 4 is 11.8 Å². The summed E-state index contributed by atoms with van der Waals surface area (Å²) in [5, 5.41) is 3.14. The second kappa shape index (κ2) is 4.68. The normalized spacial score (nSPS) is 16.9. The molecule has 2 rings (SSSR count). The van der Waals surface area contributed by atoms with Crippen molar-refractivity contribution in [3.63, 3.8) is 0 Å². The van der Waals surface area contributed by atoms with Crippen molar-refractivity contribution in [2.75, 3.05) is 23.8 Å². The fraction of sp³-hybridized carbons (Fsp3) is 0.667. The summed E-state index contributed by atoms with van der Waals surface area (Å²) < 4.78 is 0. The van der Waals surface area contributed by atoms with E-state index in [4.69, 9.17) is 0 Å². The van der Waals surface area contributed by atoms with Gasteiger partial charge in [0.05, 0.1) is 0 Å². The van der Waals surface area contributed by atoms with E-state index in [0.29, 0.717) is 6.04 Å². The molecule has 1 aromatic rings. The summed E-state index contributed by atoms with van der Waals surface area (Å²) in [5.74, 6) is 2.57. The van der Waals surface area contributed by atoms with Crippen LogP contribution in [-0.2, 0) is 0 Å². The van der Waals surface area contributed by atoms with E-state index >= 15 is 0 Å². The lowest BCUT2D eigenvalue weighted by Crippen LogP contribution is -2.31. The fourth-order valence-electron chi connectivity index (χ4n) is 1.89. The topological polar surface area (TPSA) is 41.1 Å². The van der Waals surface area contributed by atoms with E-state index in [-0.39, 0.29) is 0 Å². The molecule has 16 heavy (non-hydrogen) atoms. The maximum absolute atomic E-state index is 4.50. The molecule has 1 N–H and O–H groups in total. The van der Waals surface area contributed by atoms with Gasteiger partial charge in [-0.15, -0.1) is 0 Å². The van der Waals surface area contributed by atoms with Crippen LogP contribution in [0.5, 0.6) is 0 Å². The molecule has 1 saturated carbocycles. The summed E-state index contributed by atoms with van der Waals surface area (Å²) in [6, 6.07) is 2.55. The van der Waals surface area contributed by atoms with E-state index < -0.39 is 0 Å². The Labute approximate surface area is 97.1 Å². The summed E-state index contributed by atoms with van der Waals surface area (Å²) in [6.45, 7) is 5.17. The average Bonchev–Trinajstić information content (AvgIpc) is 3.12. The number of anilines is 2. The highest BCUT2D eigenvalue weighted by Crippen LogP contribution is 2.35. The van der Waals surface area contributed by atoms with E-state index in [1.165, 1.54) is 12.8 Å². The lowest BCUT2D eigenvalue weighted by Gasteiger charge is -2.26. The minimum atomic E-state index is 0.573. The zero-order chi connectivity index (χ0) is 11.5. The highest BCUT2D eigenvalue weighted by molar-refractivity contribution is 5.42. The second-order valence-corrected chi connectivity index (χ2v) is 4.46. The number of hydrogen-bond acceptors (Lipinski definition) is 4. The van der Waals surface area contributed by atoms with Gasteiger partial charge < -0.3 is 10.2 Å². The molecule has 0 bridgehead atoms. The molecule has 1 fully saturated rings. The highest BCUT2D eigenvalue weighted by Gasteiger charge is 2.31. The predicted octanol–water partition coefficient (Wildman–Crippen LogP) is 2.14. The Morgan fingerprint density at radius 2 is 2.31 bits per heavy atom. The molecule has 1 atom stereocenters. The number of aromatic nitrogens is 2. The first-order valence-corrected chi connectivity index (χ1v) is 6.02. The van der Waals surface area contributed by atoms with Gasteiger partial charge in [0.1, 0.15) is 5.82 Å². The van der Waals surface area contributed by atoms with Crippen molar-refractivity contribution in [2.24, 2.45) is 5.92 Å². The predicted molar refractivity (Wildman–Crippen MR) is 66.8 cm³/mol. The molecule has 0 aliphatic heterocycles. The molecule has 0 aromatic carbocycles. The largest absolute Gasteiger partial charge is 0.357 e. The second-order valence-electron chi connectivity index (χ2n) is 4.46. The van der Waals surface area contributed by atoms with Gasteiger partial charge >= 0.3 is 0 Å². The third-order valence-corrected chi connectivity index (χ3v) is 3.25. The lowest BCUT2D eigenvalue weighted by molar-refractivity contribution is 0.603. The van der Waals surface area contributed by atoms with Crippen LogP contribution in [0.1, 0.15) is 26.7 Å². The van der Waals surface area contributed by atoms with Crippen LogP contribution in [0.4, 0.5) is 11.8 Å². The molecule has 1 heterocycles. The Morgan fingerprint density at radius 3 is 2.94 bits per heavy atom. The van der Waals surface area contributed by atoms with Crippen LogP contribution >= 0.6 is 0 Å². The van der Waals surface area contributed by atoms with E-state index in [9.17, 15) is 0 Å². The molecule has 1 aliphatic carbocycles. The first kappa shape index (κ1) is 11.2. The SMILES string of the molecule is CCNc1nccc(N(C)C(C)C2CC2)n1. The van der Waals surface area contributed by atoms with E-state index in [1.54, 1.807) is 0 Å². The van der Waals surface area contributed by atoms with Crippen molar-refractivity contribution in [3.05, 3.63) is 12.3 Å². The molecule has 1 aromatic heterocycles. The molecule has 0 radical (unpaired) electrons. The number of nitrogens with one attached hydrogen (secondary N) is 1. The average molecular weight is 220 g/mol. The quantitative estimate of drug-likeness (QED) is 0.825. The van der Waals surface area contributed by atoms with Crippen LogP contribution in [0.2, 0.25) is 0 Å². The van der Waals surface area contributed by atoms with Crippen LogP contribution in [-0.4, -0.2) is 29.6 Å². The smallest absolute Gasteiger partial charge is 0.224 e. The van der Waals surface area contributed by atoms with E-state index in [0.717, 1.165) is 24.2 Å². The summed E-state index contributed by atoms with van der Waals surface area (Å²) in [5.41, 5.74) is 0.